The summed E-state index contributed by atoms with van der Waals surface area (Å²) in [6.45, 7) is 6.07. The minimum atomic E-state index is -0.569. The van der Waals surface area contributed by atoms with Crippen LogP contribution in [0.5, 0.6) is 0 Å². The third-order valence-electron chi connectivity index (χ3n) is 4.39. The molecular formula is C15H23N3O2. The second-order valence-corrected chi connectivity index (χ2v) is 6.11. The fourth-order valence-electron chi connectivity index (χ4n) is 3.18. The van der Waals surface area contributed by atoms with Gasteiger partial charge in [0.05, 0.1) is 5.60 Å². The maximum Gasteiger partial charge on any atom is 0.132 e. The normalized spacial score (nSPS) is 26.8. The number of nitrogens with zero attached hydrogens (tertiary/aromatic N) is 3. The summed E-state index contributed by atoms with van der Waals surface area (Å²) in [5, 5.41) is 10.6. The van der Waals surface area contributed by atoms with E-state index in [0.717, 1.165) is 50.4 Å². The lowest BCUT2D eigenvalue weighted by Crippen LogP contribution is -2.46. The first kappa shape index (κ1) is 13.9. The van der Waals surface area contributed by atoms with E-state index in [1.807, 2.05) is 19.2 Å². The van der Waals surface area contributed by atoms with Gasteiger partial charge < -0.3 is 9.84 Å². The second kappa shape index (κ2) is 5.76. The average molecular weight is 277 g/mol. The van der Waals surface area contributed by atoms with Crippen LogP contribution < -0.4 is 0 Å². The molecule has 0 bridgehead atoms. The van der Waals surface area contributed by atoms with Crippen LogP contribution in [0.25, 0.3) is 0 Å². The van der Waals surface area contributed by atoms with E-state index >= 15 is 0 Å². The van der Waals surface area contributed by atoms with E-state index in [1.165, 1.54) is 0 Å². The van der Waals surface area contributed by atoms with E-state index in [2.05, 4.69) is 14.9 Å². The van der Waals surface area contributed by atoms with Gasteiger partial charge in [-0.25, -0.2) is 9.97 Å². The van der Waals surface area contributed by atoms with Crippen LogP contribution in [0.4, 0.5) is 0 Å². The zero-order valence-corrected chi connectivity index (χ0v) is 12.1. The molecule has 20 heavy (non-hydrogen) atoms. The molecule has 0 radical (unpaired) electrons. The van der Waals surface area contributed by atoms with Crippen LogP contribution in [-0.4, -0.2) is 58.4 Å². The van der Waals surface area contributed by atoms with E-state index in [9.17, 15) is 5.11 Å². The van der Waals surface area contributed by atoms with Crippen LogP contribution >= 0.6 is 0 Å². The molecule has 2 fully saturated rings. The Morgan fingerprint density at radius 1 is 1.45 bits per heavy atom. The Balaban J connectivity index is 1.59. The molecule has 0 spiro atoms. The molecule has 0 unspecified atom stereocenters. The summed E-state index contributed by atoms with van der Waals surface area (Å²) in [6, 6.07) is 1.93. The smallest absolute Gasteiger partial charge is 0.132 e. The highest BCUT2D eigenvalue weighted by atomic mass is 16.5. The molecule has 3 rings (SSSR count). The molecule has 2 aliphatic heterocycles. The Bertz CT molecular complexity index is 460. The highest BCUT2D eigenvalue weighted by molar-refractivity contribution is 5.06. The van der Waals surface area contributed by atoms with Gasteiger partial charge in [0.2, 0.25) is 0 Å². The Hall–Kier alpha value is -1.04. The Morgan fingerprint density at radius 2 is 2.25 bits per heavy atom. The molecule has 0 saturated carbocycles. The summed E-state index contributed by atoms with van der Waals surface area (Å²) in [5.41, 5.74) is 0.456. The van der Waals surface area contributed by atoms with Gasteiger partial charge in [0.15, 0.2) is 0 Å². The van der Waals surface area contributed by atoms with Crippen LogP contribution in [0, 0.1) is 6.92 Å². The lowest BCUT2D eigenvalue weighted by Gasteiger charge is -2.35. The van der Waals surface area contributed by atoms with Crippen LogP contribution in [0.1, 0.15) is 36.7 Å². The standard InChI is InChI=1S/C15H23N3O2/c1-12-2-6-16-14(17-12)13-3-7-18(10-13)11-15(19)4-8-20-9-5-15/h2,6,13,19H,3-5,7-11H2,1H3/t13-/m0/s1. The van der Waals surface area contributed by atoms with Gasteiger partial charge in [0.25, 0.3) is 0 Å². The third kappa shape index (κ3) is 3.16. The molecule has 1 atom stereocenters. The van der Waals surface area contributed by atoms with Gasteiger partial charge in [-0.3, -0.25) is 4.90 Å². The quantitative estimate of drug-likeness (QED) is 0.897. The Kier molecular flexibility index (Phi) is 4.01. The summed E-state index contributed by atoms with van der Waals surface area (Å²) in [6.07, 6.45) is 4.41. The summed E-state index contributed by atoms with van der Waals surface area (Å²) in [4.78, 5) is 11.3. The number of ether oxygens (including phenoxy) is 1. The summed E-state index contributed by atoms with van der Waals surface area (Å²) in [7, 11) is 0. The fraction of sp³-hybridized carbons (Fsp3) is 0.733. The van der Waals surface area contributed by atoms with Gasteiger partial charge in [-0.05, 0) is 26.0 Å². The van der Waals surface area contributed by atoms with E-state index in [-0.39, 0.29) is 0 Å². The van der Waals surface area contributed by atoms with Gasteiger partial charge in [-0.2, -0.15) is 0 Å². The molecule has 0 aromatic carbocycles. The molecule has 1 N–H and O–H groups in total. The van der Waals surface area contributed by atoms with Gasteiger partial charge in [-0.15, -0.1) is 0 Å². The average Bonchev–Trinajstić information content (AvgIpc) is 2.87. The topological polar surface area (TPSA) is 58.5 Å². The van der Waals surface area contributed by atoms with Crippen molar-refractivity contribution in [2.45, 2.75) is 37.7 Å². The van der Waals surface area contributed by atoms with Crippen molar-refractivity contribution in [3.63, 3.8) is 0 Å². The van der Waals surface area contributed by atoms with Crippen molar-refractivity contribution in [2.24, 2.45) is 0 Å². The van der Waals surface area contributed by atoms with Crippen LogP contribution in [0.2, 0.25) is 0 Å². The van der Waals surface area contributed by atoms with Crippen molar-refractivity contribution in [3.8, 4) is 0 Å². The zero-order chi connectivity index (χ0) is 14.0. The number of β-amino-alcohol motifs (C(OH)–C–C–N with tert-alkyl or cyclic N) is 1. The number of hydrogen-bond acceptors (Lipinski definition) is 5. The molecule has 0 amide bonds. The van der Waals surface area contributed by atoms with Crippen LogP contribution in [0.15, 0.2) is 12.3 Å². The molecule has 0 aliphatic carbocycles. The largest absolute Gasteiger partial charge is 0.388 e. The molecule has 2 saturated heterocycles. The van der Waals surface area contributed by atoms with Crippen molar-refractivity contribution in [1.82, 2.24) is 14.9 Å². The highest BCUT2D eigenvalue weighted by Crippen LogP contribution is 2.28. The van der Waals surface area contributed by atoms with Crippen molar-refractivity contribution in [3.05, 3.63) is 23.8 Å². The molecule has 110 valence electrons. The Morgan fingerprint density at radius 3 is 3.00 bits per heavy atom. The molecule has 2 aliphatic rings. The molecule has 1 aromatic rings. The minimum Gasteiger partial charge on any atom is -0.388 e. The van der Waals surface area contributed by atoms with E-state index in [0.29, 0.717) is 19.1 Å². The van der Waals surface area contributed by atoms with Gasteiger partial charge >= 0.3 is 0 Å². The molecule has 5 nitrogen and oxygen atoms in total. The predicted octanol–water partition coefficient (Wildman–Crippen LogP) is 1.12. The SMILES string of the molecule is Cc1ccnc([C@H]2CCN(CC3(O)CCOCC3)C2)n1. The predicted molar refractivity (Wildman–Crippen MR) is 75.6 cm³/mol. The van der Waals surface area contributed by atoms with Crippen molar-refractivity contribution in [1.29, 1.82) is 0 Å². The highest BCUT2D eigenvalue weighted by Gasteiger charge is 2.35. The first-order valence-electron chi connectivity index (χ1n) is 7.47. The van der Waals surface area contributed by atoms with Gasteiger partial charge in [-0.1, -0.05) is 0 Å². The maximum atomic E-state index is 10.6. The fourth-order valence-corrected chi connectivity index (χ4v) is 3.18. The first-order chi connectivity index (χ1) is 9.65. The number of rotatable bonds is 3. The third-order valence-corrected chi connectivity index (χ3v) is 4.39. The lowest BCUT2D eigenvalue weighted by molar-refractivity contribution is -0.0773. The molecule has 5 heteroatoms. The first-order valence-corrected chi connectivity index (χ1v) is 7.47. The maximum absolute atomic E-state index is 10.6. The number of aryl methyl sites for hydroxylation is 1. The van der Waals surface area contributed by atoms with E-state index in [4.69, 9.17) is 4.74 Å². The van der Waals surface area contributed by atoms with Crippen LogP contribution in [0.3, 0.4) is 0 Å². The van der Waals surface area contributed by atoms with Gasteiger partial charge in [0, 0.05) is 57.0 Å². The monoisotopic (exact) mass is 277 g/mol. The van der Waals surface area contributed by atoms with Gasteiger partial charge in [0.1, 0.15) is 5.82 Å². The van der Waals surface area contributed by atoms with E-state index < -0.39 is 5.60 Å². The summed E-state index contributed by atoms with van der Waals surface area (Å²) in [5.74, 6) is 1.35. The number of aliphatic hydroxyl groups is 1. The molecule has 3 heterocycles. The summed E-state index contributed by atoms with van der Waals surface area (Å²) < 4.78 is 5.33. The second-order valence-electron chi connectivity index (χ2n) is 6.11. The zero-order valence-electron chi connectivity index (χ0n) is 12.1. The van der Waals surface area contributed by atoms with Crippen molar-refractivity contribution in [2.75, 3.05) is 32.8 Å². The number of aromatic nitrogens is 2. The van der Waals surface area contributed by atoms with Crippen molar-refractivity contribution < 1.29 is 9.84 Å². The lowest BCUT2D eigenvalue weighted by atomic mass is 9.94. The van der Waals surface area contributed by atoms with Crippen molar-refractivity contribution >= 4 is 0 Å². The molecular weight excluding hydrogens is 254 g/mol. The Labute approximate surface area is 120 Å². The molecule has 1 aromatic heterocycles. The summed E-state index contributed by atoms with van der Waals surface area (Å²) >= 11 is 0. The number of likely N-dealkylation sites (tertiary alicyclic amines) is 1. The van der Waals surface area contributed by atoms with E-state index in [1.54, 1.807) is 0 Å². The number of hydrogen-bond donors (Lipinski definition) is 1. The van der Waals surface area contributed by atoms with Crippen LogP contribution in [-0.2, 0) is 4.74 Å². The minimum absolute atomic E-state index is 0.401.